The molecule has 1 rings (SSSR count). The summed E-state index contributed by atoms with van der Waals surface area (Å²) in [6.45, 7) is 5.76. The van der Waals surface area contributed by atoms with E-state index < -0.39 is 15.6 Å². The standard InChI is InChI=1S/C11H20N4O2S/c1-4-11(3,5-2)15-18(16,17)9-7-6-8-13-10(9)14-12/h6-8,15H,4-5,12H2,1-3H3,(H,13,14). The number of hydrogen-bond acceptors (Lipinski definition) is 5. The van der Waals surface area contributed by atoms with Gasteiger partial charge in [0.2, 0.25) is 10.0 Å². The van der Waals surface area contributed by atoms with E-state index >= 15 is 0 Å². The second kappa shape index (κ2) is 5.64. The molecule has 0 saturated heterocycles. The van der Waals surface area contributed by atoms with E-state index in [0.29, 0.717) is 12.8 Å². The topological polar surface area (TPSA) is 97.1 Å². The van der Waals surface area contributed by atoms with Gasteiger partial charge in [-0.25, -0.2) is 24.0 Å². The number of sulfonamides is 1. The molecule has 6 nitrogen and oxygen atoms in total. The molecule has 1 aromatic heterocycles. The first-order chi connectivity index (χ1) is 8.38. The Morgan fingerprint density at radius 3 is 2.50 bits per heavy atom. The van der Waals surface area contributed by atoms with Crippen LogP contribution in [0.2, 0.25) is 0 Å². The average molecular weight is 272 g/mol. The van der Waals surface area contributed by atoms with Gasteiger partial charge in [-0.05, 0) is 31.9 Å². The lowest BCUT2D eigenvalue weighted by Gasteiger charge is -2.28. The quantitative estimate of drug-likeness (QED) is 0.534. The fourth-order valence-electron chi connectivity index (χ4n) is 1.49. The first-order valence-electron chi connectivity index (χ1n) is 5.84. The van der Waals surface area contributed by atoms with Crippen molar-refractivity contribution in [2.45, 2.75) is 44.0 Å². The lowest BCUT2D eigenvalue weighted by Crippen LogP contribution is -2.45. The van der Waals surface area contributed by atoms with Crippen LogP contribution in [0.25, 0.3) is 0 Å². The Hall–Kier alpha value is -1.18. The number of hydrazine groups is 1. The summed E-state index contributed by atoms with van der Waals surface area (Å²) in [6.07, 6.45) is 2.88. The van der Waals surface area contributed by atoms with Crippen LogP contribution < -0.4 is 16.0 Å². The van der Waals surface area contributed by atoms with Crippen LogP contribution in [0.15, 0.2) is 23.2 Å². The zero-order chi connectivity index (χ0) is 13.8. The molecule has 102 valence electrons. The molecule has 0 aliphatic carbocycles. The summed E-state index contributed by atoms with van der Waals surface area (Å²) in [5.74, 6) is 5.41. The first-order valence-corrected chi connectivity index (χ1v) is 7.32. The first kappa shape index (κ1) is 14.9. The zero-order valence-electron chi connectivity index (χ0n) is 10.9. The third-order valence-corrected chi connectivity index (χ3v) is 4.81. The minimum absolute atomic E-state index is 0.0561. The largest absolute Gasteiger partial charge is 0.307 e. The Morgan fingerprint density at radius 1 is 1.39 bits per heavy atom. The van der Waals surface area contributed by atoms with E-state index in [9.17, 15) is 8.42 Å². The Morgan fingerprint density at radius 2 is 2.00 bits per heavy atom. The molecule has 0 atom stereocenters. The predicted octanol–water partition coefficient (Wildman–Crippen LogP) is 1.22. The van der Waals surface area contributed by atoms with E-state index in [1.54, 1.807) is 6.07 Å². The SMILES string of the molecule is CCC(C)(CC)NS(=O)(=O)c1cccnc1NN. The molecule has 0 bridgehead atoms. The fraction of sp³-hybridized carbons (Fsp3) is 0.545. The van der Waals surface area contributed by atoms with Crippen molar-refractivity contribution < 1.29 is 8.42 Å². The molecule has 0 spiro atoms. The molecule has 7 heteroatoms. The Balaban J connectivity index is 3.14. The highest BCUT2D eigenvalue weighted by Gasteiger charge is 2.29. The Labute approximate surface area is 108 Å². The summed E-state index contributed by atoms with van der Waals surface area (Å²) < 4.78 is 27.3. The minimum Gasteiger partial charge on any atom is -0.307 e. The van der Waals surface area contributed by atoms with Crippen LogP contribution in [0.3, 0.4) is 0 Å². The molecule has 1 heterocycles. The van der Waals surface area contributed by atoms with E-state index in [4.69, 9.17) is 5.84 Å². The van der Waals surface area contributed by atoms with Crippen LogP contribution in [0.5, 0.6) is 0 Å². The van der Waals surface area contributed by atoms with Gasteiger partial charge in [0.1, 0.15) is 4.90 Å². The summed E-state index contributed by atoms with van der Waals surface area (Å²) in [6, 6.07) is 3.03. The van der Waals surface area contributed by atoms with Gasteiger partial charge in [-0.1, -0.05) is 13.8 Å². The van der Waals surface area contributed by atoms with Gasteiger partial charge in [0.15, 0.2) is 5.82 Å². The van der Waals surface area contributed by atoms with Gasteiger partial charge in [-0.3, -0.25) is 0 Å². The smallest absolute Gasteiger partial charge is 0.244 e. The van der Waals surface area contributed by atoms with E-state index in [1.165, 1.54) is 12.3 Å². The third kappa shape index (κ3) is 3.18. The highest BCUT2D eigenvalue weighted by atomic mass is 32.2. The average Bonchev–Trinajstić information content (AvgIpc) is 2.38. The number of nitrogens with two attached hydrogens (primary N) is 1. The third-order valence-electron chi connectivity index (χ3n) is 3.14. The predicted molar refractivity (Wildman–Crippen MR) is 71.4 cm³/mol. The summed E-state index contributed by atoms with van der Waals surface area (Å²) in [4.78, 5) is 3.95. The van der Waals surface area contributed by atoms with Crippen LogP contribution in [-0.4, -0.2) is 18.9 Å². The lowest BCUT2D eigenvalue weighted by molar-refractivity contribution is 0.389. The minimum atomic E-state index is -3.64. The number of nitrogens with one attached hydrogen (secondary N) is 2. The molecule has 0 fully saturated rings. The molecule has 0 aliphatic heterocycles. The summed E-state index contributed by atoms with van der Waals surface area (Å²) in [5.41, 5.74) is 1.82. The summed E-state index contributed by atoms with van der Waals surface area (Å²) >= 11 is 0. The van der Waals surface area contributed by atoms with Gasteiger partial charge < -0.3 is 5.43 Å². The van der Waals surface area contributed by atoms with Gasteiger partial charge in [0.25, 0.3) is 0 Å². The normalized spacial score (nSPS) is 12.4. The van der Waals surface area contributed by atoms with Crippen molar-refractivity contribution >= 4 is 15.8 Å². The number of anilines is 1. The van der Waals surface area contributed by atoms with Crippen molar-refractivity contribution in [3.8, 4) is 0 Å². The van der Waals surface area contributed by atoms with Crippen molar-refractivity contribution in [1.29, 1.82) is 0 Å². The second-order valence-corrected chi connectivity index (χ2v) is 6.02. The van der Waals surface area contributed by atoms with Crippen molar-refractivity contribution in [2.75, 3.05) is 5.43 Å². The van der Waals surface area contributed by atoms with E-state index in [1.807, 2.05) is 20.8 Å². The fourth-order valence-corrected chi connectivity index (χ4v) is 3.16. The van der Waals surface area contributed by atoms with Gasteiger partial charge in [0.05, 0.1) is 0 Å². The maximum atomic E-state index is 12.3. The molecule has 18 heavy (non-hydrogen) atoms. The monoisotopic (exact) mass is 272 g/mol. The molecule has 1 aromatic rings. The molecular weight excluding hydrogens is 252 g/mol. The number of hydrogen-bond donors (Lipinski definition) is 3. The van der Waals surface area contributed by atoms with E-state index in [0.717, 1.165) is 0 Å². The zero-order valence-corrected chi connectivity index (χ0v) is 11.7. The second-order valence-electron chi connectivity index (χ2n) is 4.37. The molecule has 0 unspecified atom stereocenters. The summed E-state index contributed by atoms with van der Waals surface area (Å²) in [5, 5.41) is 0. The van der Waals surface area contributed by atoms with Crippen molar-refractivity contribution in [2.24, 2.45) is 5.84 Å². The maximum Gasteiger partial charge on any atom is 0.244 e. The number of nitrogens with zero attached hydrogens (tertiary/aromatic N) is 1. The molecule has 0 aliphatic rings. The van der Waals surface area contributed by atoms with Gasteiger partial charge >= 0.3 is 0 Å². The molecular formula is C11H20N4O2S. The van der Waals surface area contributed by atoms with Crippen molar-refractivity contribution in [3.63, 3.8) is 0 Å². The van der Waals surface area contributed by atoms with Crippen molar-refractivity contribution in [1.82, 2.24) is 9.71 Å². The maximum absolute atomic E-state index is 12.3. The van der Waals surface area contributed by atoms with Crippen LogP contribution in [0, 0.1) is 0 Å². The van der Waals surface area contributed by atoms with Crippen molar-refractivity contribution in [3.05, 3.63) is 18.3 Å². The van der Waals surface area contributed by atoms with Gasteiger partial charge in [-0.2, -0.15) is 0 Å². The van der Waals surface area contributed by atoms with Crippen LogP contribution in [0.1, 0.15) is 33.6 Å². The van der Waals surface area contributed by atoms with E-state index in [-0.39, 0.29) is 10.7 Å². The Bertz CT molecular complexity index is 498. The number of nitrogen functional groups attached to an aromatic ring is 1. The molecule has 0 radical (unpaired) electrons. The number of pyridine rings is 1. The highest BCUT2D eigenvalue weighted by Crippen LogP contribution is 2.22. The molecule has 0 aromatic carbocycles. The van der Waals surface area contributed by atoms with Gasteiger partial charge in [0, 0.05) is 11.7 Å². The van der Waals surface area contributed by atoms with Crippen LogP contribution in [0.4, 0.5) is 5.82 Å². The van der Waals surface area contributed by atoms with Gasteiger partial charge in [-0.15, -0.1) is 0 Å². The number of rotatable bonds is 6. The molecule has 0 amide bonds. The van der Waals surface area contributed by atoms with Crippen LogP contribution >= 0.6 is 0 Å². The highest BCUT2D eigenvalue weighted by molar-refractivity contribution is 7.89. The summed E-state index contributed by atoms with van der Waals surface area (Å²) in [7, 11) is -3.64. The molecule has 0 saturated carbocycles. The lowest BCUT2D eigenvalue weighted by atomic mass is 9.98. The van der Waals surface area contributed by atoms with E-state index in [2.05, 4.69) is 15.1 Å². The van der Waals surface area contributed by atoms with Crippen LogP contribution in [-0.2, 0) is 10.0 Å². The number of aromatic nitrogens is 1. The molecule has 4 N–H and O–H groups in total. The Kier molecular flexibility index (Phi) is 4.66.